The van der Waals surface area contributed by atoms with Crippen LogP contribution in [-0.4, -0.2) is 10.5 Å². The van der Waals surface area contributed by atoms with Crippen LogP contribution in [0.4, 0.5) is 0 Å². The standard InChI is InChI=1S/C10H11N2.C2H4O2/c1-11-7-8-12(9-11)10-5-3-2-4-6-10;1-2(3)4/h2-9H,1H3;1H3,(H,3,4)/q+1;/p-1. The van der Waals surface area contributed by atoms with Gasteiger partial charge in [-0.2, -0.15) is 0 Å². The third-order valence-corrected chi connectivity index (χ3v) is 1.82. The van der Waals surface area contributed by atoms with Crippen LogP contribution >= 0.6 is 0 Å². The highest BCUT2D eigenvalue weighted by Gasteiger charge is 2.00. The maximum Gasteiger partial charge on any atom is 0.248 e. The number of hydrogen-bond donors (Lipinski definition) is 0. The zero-order valence-electron chi connectivity index (χ0n) is 9.33. The summed E-state index contributed by atoms with van der Waals surface area (Å²) >= 11 is 0. The summed E-state index contributed by atoms with van der Waals surface area (Å²) < 4.78 is 4.10. The van der Waals surface area contributed by atoms with Crippen LogP contribution in [-0.2, 0) is 11.8 Å². The van der Waals surface area contributed by atoms with E-state index in [2.05, 4.69) is 16.7 Å². The van der Waals surface area contributed by atoms with E-state index in [9.17, 15) is 0 Å². The molecule has 84 valence electrons. The lowest BCUT2D eigenvalue weighted by atomic mass is 10.3. The van der Waals surface area contributed by atoms with Crippen LogP contribution in [0, 0.1) is 0 Å². The SMILES string of the molecule is CC(=O)[O-].Cn1cc[n+](-c2ccccc2)c1. The Morgan fingerprint density at radius 3 is 2.31 bits per heavy atom. The maximum atomic E-state index is 8.89. The number of imidazole rings is 1. The molecule has 0 aliphatic rings. The average Bonchev–Trinajstić information content (AvgIpc) is 2.65. The number of carbonyl (C=O) groups excluding carboxylic acids is 1. The largest absolute Gasteiger partial charge is 0.550 e. The van der Waals surface area contributed by atoms with Crippen LogP contribution in [0.5, 0.6) is 0 Å². The highest BCUT2D eigenvalue weighted by Crippen LogP contribution is 1.96. The smallest absolute Gasteiger partial charge is 0.248 e. The lowest BCUT2D eigenvalue weighted by molar-refractivity contribution is -0.595. The minimum absolute atomic E-state index is 0.972. The van der Waals surface area contributed by atoms with Crippen LogP contribution in [0.1, 0.15) is 6.92 Å². The number of rotatable bonds is 1. The monoisotopic (exact) mass is 218 g/mol. The Labute approximate surface area is 94.4 Å². The molecule has 4 heteroatoms. The molecule has 0 bridgehead atoms. The molecule has 0 aliphatic heterocycles. The molecule has 1 aromatic heterocycles. The fourth-order valence-electron chi connectivity index (χ4n) is 1.20. The first-order chi connectivity index (χ1) is 7.59. The number of benzene rings is 1. The number of carbonyl (C=O) groups is 1. The fraction of sp³-hybridized carbons (Fsp3) is 0.167. The van der Waals surface area contributed by atoms with Gasteiger partial charge in [-0.25, -0.2) is 9.13 Å². The lowest BCUT2D eigenvalue weighted by Gasteiger charge is -1.91. The van der Waals surface area contributed by atoms with Gasteiger partial charge in [0.05, 0.1) is 7.05 Å². The molecule has 0 saturated heterocycles. The van der Waals surface area contributed by atoms with Crippen LogP contribution in [0.2, 0.25) is 0 Å². The zero-order valence-corrected chi connectivity index (χ0v) is 9.33. The van der Waals surface area contributed by atoms with Gasteiger partial charge in [0, 0.05) is 5.97 Å². The Morgan fingerprint density at radius 2 is 1.88 bits per heavy atom. The Morgan fingerprint density at radius 1 is 1.31 bits per heavy atom. The first-order valence-corrected chi connectivity index (χ1v) is 4.86. The Hall–Kier alpha value is -2.10. The molecule has 2 rings (SSSR count). The van der Waals surface area contributed by atoms with Crippen molar-refractivity contribution in [2.75, 3.05) is 0 Å². The minimum Gasteiger partial charge on any atom is -0.550 e. The van der Waals surface area contributed by atoms with Crippen molar-refractivity contribution in [3.05, 3.63) is 49.1 Å². The molecule has 4 nitrogen and oxygen atoms in total. The van der Waals surface area contributed by atoms with Crippen molar-refractivity contribution >= 4 is 5.97 Å². The highest BCUT2D eigenvalue weighted by molar-refractivity contribution is 5.60. The summed E-state index contributed by atoms with van der Waals surface area (Å²) in [5, 5.41) is 8.89. The van der Waals surface area contributed by atoms with E-state index in [1.165, 1.54) is 5.69 Å². The van der Waals surface area contributed by atoms with Gasteiger partial charge in [-0.05, 0) is 19.1 Å². The Balaban J connectivity index is 0.000000280. The number of hydrogen-bond acceptors (Lipinski definition) is 2. The molecule has 2 aromatic rings. The van der Waals surface area contributed by atoms with Gasteiger partial charge in [0.15, 0.2) is 0 Å². The Bertz CT molecular complexity index is 445. The number of carboxylic acid groups (broad SMARTS) is 1. The lowest BCUT2D eigenvalue weighted by Crippen LogP contribution is -2.26. The summed E-state index contributed by atoms with van der Waals surface area (Å²) in [7, 11) is 2.01. The first-order valence-electron chi connectivity index (χ1n) is 4.86. The molecule has 0 amide bonds. The second-order valence-electron chi connectivity index (χ2n) is 3.31. The molecule has 0 aliphatic carbocycles. The van der Waals surface area contributed by atoms with Crippen LogP contribution in [0.25, 0.3) is 5.69 Å². The van der Waals surface area contributed by atoms with E-state index in [0.29, 0.717) is 0 Å². The number of aryl methyl sites for hydroxylation is 1. The number of aromatic nitrogens is 2. The average molecular weight is 218 g/mol. The van der Waals surface area contributed by atoms with E-state index >= 15 is 0 Å². The van der Waals surface area contributed by atoms with Gasteiger partial charge in [0.2, 0.25) is 6.33 Å². The van der Waals surface area contributed by atoms with Crippen molar-refractivity contribution in [3.63, 3.8) is 0 Å². The summed E-state index contributed by atoms with van der Waals surface area (Å²) in [5.41, 5.74) is 1.19. The number of para-hydroxylation sites is 1. The molecule has 1 heterocycles. The Kier molecular flexibility index (Phi) is 4.27. The second-order valence-corrected chi connectivity index (χ2v) is 3.31. The van der Waals surface area contributed by atoms with Crippen molar-refractivity contribution in [1.29, 1.82) is 0 Å². The van der Waals surface area contributed by atoms with Crippen LogP contribution < -0.4 is 9.67 Å². The van der Waals surface area contributed by atoms with E-state index in [1.54, 1.807) is 0 Å². The van der Waals surface area contributed by atoms with Crippen molar-refractivity contribution in [3.8, 4) is 5.69 Å². The second kappa shape index (κ2) is 5.70. The number of carboxylic acids is 1. The van der Waals surface area contributed by atoms with Crippen molar-refractivity contribution in [2.24, 2.45) is 7.05 Å². The predicted octanol–water partition coefficient (Wildman–Crippen LogP) is 0.0580. The quantitative estimate of drug-likeness (QED) is 0.635. The van der Waals surface area contributed by atoms with E-state index in [4.69, 9.17) is 9.90 Å². The van der Waals surface area contributed by atoms with Crippen molar-refractivity contribution in [2.45, 2.75) is 6.92 Å². The van der Waals surface area contributed by atoms with E-state index < -0.39 is 5.97 Å². The van der Waals surface area contributed by atoms with E-state index in [1.807, 2.05) is 48.5 Å². The third-order valence-electron chi connectivity index (χ3n) is 1.82. The van der Waals surface area contributed by atoms with Gasteiger partial charge in [-0.15, -0.1) is 0 Å². The van der Waals surface area contributed by atoms with Gasteiger partial charge in [0.1, 0.15) is 18.1 Å². The minimum atomic E-state index is -1.08. The topological polar surface area (TPSA) is 48.9 Å². The molecule has 0 unspecified atom stereocenters. The van der Waals surface area contributed by atoms with E-state index in [-0.39, 0.29) is 0 Å². The predicted molar refractivity (Wildman–Crippen MR) is 57.6 cm³/mol. The molecular weight excluding hydrogens is 204 g/mol. The van der Waals surface area contributed by atoms with Gasteiger partial charge in [0.25, 0.3) is 0 Å². The molecule has 0 radical (unpaired) electrons. The van der Waals surface area contributed by atoms with Crippen LogP contribution in [0.3, 0.4) is 0 Å². The number of aliphatic carboxylic acids is 1. The van der Waals surface area contributed by atoms with Gasteiger partial charge >= 0.3 is 0 Å². The highest BCUT2D eigenvalue weighted by atomic mass is 16.4. The molecule has 1 aromatic carbocycles. The van der Waals surface area contributed by atoms with Gasteiger partial charge in [-0.3, -0.25) is 0 Å². The molecule has 0 saturated carbocycles. The first kappa shape index (κ1) is 12.0. The molecule has 0 spiro atoms. The van der Waals surface area contributed by atoms with Gasteiger partial charge in [-0.1, -0.05) is 18.2 Å². The normalized spacial score (nSPS) is 9.12. The summed E-state index contributed by atoms with van der Waals surface area (Å²) in [6, 6.07) is 10.3. The summed E-state index contributed by atoms with van der Waals surface area (Å²) in [6.45, 7) is 0.972. The van der Waals surface area contributed by atoms with E-state index in [0.717, 1.165) is 6.92 Å². The molecule has 0 fully saturated rings. The fourth-order valence-corrected chi connectivity index (χ4v) is 1.20. The summed E-state index contributed by atoms with van der Waals surface area (Å²) in [5.74, 6) is -1.08. The number of nitrogens with zero attached hydrogens (tertiary/aromatic N) is 2. The zero-order chi connectivity index (χ0) is 12.0. The summed E-state index contributed by atoms with van der Waals surface area (Å²) in [4.78, 5) is 8.89. The molecule has 16 heavy (non-hydrogen) atoms. The van der Waals surface area contributed by atoms with Crippen LogP contribution in [0.15, 0.2) is 49.1 Å². The molecule has 0 N–H and O–H groups in total. The van der Waals surface area contributed by atoms with Crippen molar-refractivity contribution in [1.82, 2.24) is 4.57 Å². The van der Waals surface area contributed by atoms with Gasteiger partial charge < -0.3 is 9.90 Å². The molecular formula is C12H14N2O2. The summed E-state index contributed by atoms with van der Waals surface area (Å²) in [6.07, 6.45) is 6.09. The maximum absolute atomic E-state index is 8.89. The third kappa shape index (κ3) is 3.96. The van der Waals surface area contributed by atoms with Crippen molar-refractivity contribution < 1.29 is 14.5 Å². The molecule has 0 atom stereocenters.